The average Bonchev–Trinajstić information content (AvgIpc) is 3.70. The van der Waals surface area contributed by atoms with Crippen molar-refractivity contribution >= 4 is 32.8 Å². The molecule has 0 radical (unpaired) electrons. The summed E-state index contributed by atoms with van der Waals surface area (Å²) in [6.45, 7) is 13.8. The van der Waals surface area contributed by atoms with Crippen molar-refractivity contribution in [1.29, 1.82) is 0 Å². The van der Waals surface area contributed by atoms with Crippen LogP contribution in [0, 0.1) is 0 Å². The Morgan fingerprint density at radius 3 is 2.02 bits per heavy atom. The molecule has 0 saturated carbocycles. The van der Waals surface area contributed by atoms with Crippen molar-refractivity contribution in [1.82, 2.24) is 19.1 Å². The number of hydrogen-bond donors (Lipinski definition) is 0. The third-order valence-electron chi connectivity index (χ3n) is 9.83. The number of pyridine rings is 1. The summed E-state index contributed by atoms with van der Waals surface area (Å²) in [5.74, 6) is 3.65. The molecule has 0 bridgehead atoms. The number of ether oxygens (including phenoxy) is 1. The van der Waals surface area contributed by atoms with Crippen LogP contribution in [0.15, 0.2) is 128 Å². The van der Waals surface area contributed by atoms with Gasteiger partial charge in [-0.15, -0.1) is 0 Å². The van der Waals surface area contributed by atoms with E-state index in [0.29, 0.717) is 17.8 Å². The quantitative estimate of drug-likeness (QED) is 0.164. The van der Waals surface area contributed by atoms with Crippen LogP contribution in [-0.2, 0) is 0 Å². The van der Waals surface area contributed by atoms with E-state index in [0.717, 1.165) is 50.5 Å². The minimum Gasteiger partial charge on any atom is -0.457 e. The highest BCUT2D eigenvalue weighted by atomic mass is 16.5. The van der Waals surface area contributed by atoms with Crippen LogP contribution in [0.5, 0.6) is 11.5 Å². The number of benzene rings is 5. The van der Waals surface area contributed by atoms with Gasteiger partial charge in [-0.3, -0.25) is 9.13 Å². The molecule has 0 atom stereocenters. The number of hydrogen-bond acceptors (Lipinski definition) is 3. The van der Waals surface area contributed by atoms with Crippen molar-refractivity contribution in [3.05, 3.63) is 144 Å². The predicted molar refractivity (Wildman–Crippen MR) is 207 cm³/mol. The molecule has 248 valence electrons. The molecule has 0 aliphatic heterocycles. The van der Waals surface area contributed by atoms with Crippen LogP contribution in [0.2, 0.25) is 0 Å². The number of nitrogens with zero attached hydrogens (tertiary/aromatic N) is 4. The standard InChI is InChI=1S/C45H42N4O/c1-28(2)32-22-38(29(3)4)45(39(23-32)30(5)6)31-20-21-46-44(24-31)49-41-16-9-7-14-36(41)37-19-18-35(26-43(37)49)50-34-13-11-12-33(25-34)48-27-47-40-15-8-10-17-42(40)48/h7-30H,1-6H3. The van der Waals surface area contributed by atoms with E-state index in [4.69, 9.17) is 9.72 Å². The number of fused-ring (bicyclic) bond motifs is 4. The first-order chi connectivity index (χ1) is 24.3. The molecule has 5 nitrogen and oxygen atoms in total. The van der Waals surface area contributed by atoms with Gasteiger partial charge in [0.1, 0.15) is 23.6 Å². The van der Waals surface area contributed by atoms with Gasteiger partial charge in [-0.2, -0.15) is 0 Å². The lowest BCUT2D eigenvalue weighted by molar-refractivity contribution is 0.483. The zero-order valence-corrected chi connectivity index (χ0v) is 29.6. The summed E-state index contributed by atoms with van der Waals surface area (Å²) in [7, 11) is 0. The maximum absolute atomic E-state index is 6.56. The first kappa shape index (κ1) is 31.6. The molecule has 3 aromatic heterocycles. The Labute approximate surface area is 293 Å². The summed E-state index contributed by atoms with van der Waals surface area (Å²) in [6.07, 6.45) is 3.82. The molecule has 0 fully saturated rings. The van der Waals surface area contributed by atoms with Gasteiger partial charge >= 0.3 is 0 Å². The highest BCUT2D eigenvalue weighted by molar-refractivity contribution is 6.09. The topological polar surface area (TPSA) is 44.9 Å². The fourth-order valence-electron chi connectivity index (χ4n) is 7.24. The third-order valence-corrected chi connectivity index (χ3v) is 9.83. The fraction of sp³-hybridized carbons (Fsp3) is 0.200. The molecule has 50 heavy (non-hydrogen) atoms. The molecule has 0 N–H and O–H groups in total. The molecule has 0 unspecified atom stereocenters. The van der Waals surface area contributed by atoms with Crippen molar-refractivity contribution < 1.29 is 4.74 Å². The van der Waals surface area contributed by atoms with Crippen LogP contribution in [0.3, 0.4) is 0 Å². The van der Waals surface area contributed by atoms with Crippen LogP contribution in [-0.4, -0.2) is 19.1 Å². The highest BCUT2D eigenvalue weighted by Gasteiger charge is 2.21. The molecule has 0 aliphatic rings. The molecule has 0 amide bonds. The Morgan fingerprint density at radius 2 is 1.26 bits per heavy atom. The van der Waals surface area contributed by atoms with Gasteiger partial charge in [-0.25, -0.2) is 9.97 Å². The van der Waals surface area contributed by atoms with Crippen molar-refractivity contribution in [3.63, 3.8) is 0 Å². The third kappa shape index (κ3) is 5.53. The van der Waals surface area contributed by atoms with Crippen molar-refractivity contribution in [2.75, 3.05) is 0 Å². The highest BCUT2D eigenvalue weighted by Crippen LogP contribution is 2.41. The predicted octanol–water partition coefficient (Wildman–Crippen LogP) is 12.3. The minimum absolute atomic E-state index is 0.386. The largest absolute Gasteiger partial charge is 0.457 e. The van der Waals surface area contributed by atoms with Gasteiger partial charge in [0, 0.05) is 29.1 Å². The normalized spacial score (nSPS) is 11.9. The lowest BCUT2D eigenvalue weighted by Gasteiger charge is -2.23. The van der Waals surface area contributed by atoms with E-state index >= 15 is 0 Å². The lowest BCUT2D eigenvalue weighted by atomic mass is 9.82. The molecular weight excluding hydrogens is 613 g/mol. The number of imidazole rings is 1. The van der Waals surface area contributed by atoms with Crippen LogP contribution < -0.4 is 4.74 Å². The van der Waals surface area contributed by atoms with Gasteiger partial charge in [0.2, 0.25) is 0 Å². The molecule has 8 rings (SSSR count). The van der Waals surface area contributed by atoms with E-state index in [9.17, 15) is 0 Å². The summed E-state index contributed by atoms with van der Waals surface area (Å²) in [6, 6.07) is 40.5. The minimum atomic E-state index is 0.386. The van der Waals surface area contributed by atoms with Gasteiger partial charge in [0.05, 0.1) is 27.8 Å². The molecule has 5 aromatic carbocycles. The molecule has 0 saturated heterocycles. The summed E-state index contributed by atoms with van der Waals surface area (Å²) < 4.78 is 10.9. The van der Waals surface area contributed by atoms with Gasteiger partial charge in [-0.1, -0.05) is 90.1 Å². The van der Waals surface area contributed by atoms with Gasteiger partial charge < -0.3 is 4.74 Å². The second kappa shape index (κ2) is 12.6. The first-order valence-electron chi connectivity index (χ1n) is 17.6. The molecule has 5 heteroatoms. The Morgan fingerprint density at radius 1 is 0.560 bits per heavy atom. The smallest absolute Gasteiger partial charge is 0.138 e. The molecular formula is C45H42N4O. The zero-order chi connectivity index (χ0) is 34.5. The van der Waals surface area contributed by atoms with Crippen LogP contribution in [0.1, 0.15) is 76.0 Å². The molecule has 3 heterocycles. The van der Waals surface area contributed by atoms with Crippen molar-refractivity contribution in [3.8, 4) is 34.1 Å². The van der Waals surface area contributed by atoms with E-state index in [2.05, 4.69) is 141 Å². The van der Waals surface area contributed by atoms with E-state index in [-0.39, 0.29) is 0 Å². The fourth-order valence-corrected chi connectivity index (χ4v) is 7.24. The van der Waals surface area contributed by atoms with Crippen molar-refractivity contribution in [2.24, 2.45) is 0 Å². The molecule has 8 aromatic rings. The van der Waals surface area contributed by atoms with E-state index < -0.39 is 0 Å². The SMILES string of the molecule is CC(C)c1cc(C(C)C)c(-c2ccnc(-n3c4ccccc4c4ccc(Oc5cccc(-n6cnc7ccccc76)c5)cc43)c2)c(C(C)C)c1. The monoisotopic (exact) mass is 654 g/mol. The van der Waals surface area contributed by atoms with Gasteiger partial charge in [0.25, 0.3) is 0 Å². The van der Waals surface area contributed by atoms with Crippen LogP contribution in [0.4, 0.5) is 0 Å². The summed E-state index contributed by atoms with van der Waals surface area (Å²) in [5, 5.41) is 2.34. The summed E-state index contributed by atoms with van der Waals surface area (Å²) >= 11 is 0. The second-order valence-corrected chi connectivity index (χ2v) is 14.2. The van der Waals surface area contributed by atoms with E-state index in [1.165, 1.54) is 33.2 Å². The Kier molecular flexibility index (Phi) is 7.99. The maximum atomic E-state index is 6.56. The van der Waals surface area contributed by atoms with E-state index in [1.807, 2.05) is 42.9 Å². The van der Waals surface area contributed by atoms with Gasteiger partial charge in [0.15, 0.2) is 0 Å². The second-order valence-electron chi connectivity index (χ2n) is 14.2. The van der Waals surface area contributed by atoms with Gasteiger partial charge in [-0.05, 0) is 100 Å². The van der Waals surface area contributed by atoms with Crippen LogP contribution in [0.25, 0.3) is 55.5 Å². The Hall–Kier alpha value is -5.68. The Bertz CT molecular complexity index is 2490. The summed E-state index contributed by atoms with van der Waals surface area (Å²) in [4.78, 5) is 9.57. The number of rotatable bonds is 8. The molecule has 0 spiro atoms. The van der Waals surface area contributed by atoms with E-state index in [1.54, 1.807) is 0 Å². The lowest BCUT2D eigenvalue weighted by Crippen LogP contribution is -2.05. The zero-order valence-electron chi connectivity index (χ0n) is 29.6. The average molecular weight is 655 g/mol. The number of para-hydroxylation sites is 3. The Balaban J connectivity index is 1.24. The maximum Gasteiger partial charge on any atom is 0.138 e. The van der Waals surface area contributed by atoms with Crippen LogP contribution >= 0.6 is 0 Å². The van der Waals surface area contributed by atoms with Crippen molar-refractivity contribution in [2.45, 2.75) is 59.3 Å². The molecule has 0 aliphatic carbocycles. The first-order valence-corrected chi connectivity index (χ1v) is 17.6. The summed E-state index contributed by atoms with van der Waals surface area (Å²) in [5.41, 5.74) is 11.9. The number of aromatic nitrogens is 4.